The van der Waals surface area contributed by atoms with Crippen LogP contribution in [0.25, 0.3) is 17.4 Å². The van der Waals surface area contributed by atoms with Crippen LogP contribution in [0.1, 0.15) is 19.6 Å². The Morgan fingerprint density at radius 2 is 1.67 bits per heavy atom. The van der Waals surface area contributed by atoms with E-state index in [1.807, 2.05) is 66.7 Å². The maximum absolute atomic E-state index is 12.1. The smallest absolute Gasteiger partial charge is 0.248 e. The number of carbonyl (C=O) groups excluding carboxylic acids is 1. The molecule has 1 amide bonds. The van der Waals surface area contributed by atoms with Crippen molar-refractivity contribution in [2.75, 3.05) is 23.3 Å². The minimum absolute atomic E-state index is 0.191. The molecule has 0 spiro atoms. The van der Waals surface area contributed by atoms with E-state index in [0.717, 1.165) is 35.8 Å². The maximum atomic E-state index is 12.1. The molecule has 0 aliphatic rings. The molecule has 0 radical (unpaired) electrons. The molecule has 4 heteroatoms. The molecule has 0 saturated heterocycles. The van der Waals surface area contributed by atoms with Crippen LogP contribution >= 0.6 is 0 Å². The van der Waals surface area contributed by atoms with E-state index >= 15 is 0 Å². The average molecular weight is 360 g/mol. The fraction of sp³-hybridized carbons (Fsp3) is 0.174. The number of carbonyl (C=O) groups is 1. The van der Waals surface area contributed by atoms with Crippen LogP contribution in [0.4, 0.5) is 11.4 Å². The van der Waals surface area contributed by atoms with E-state index in [4.69, 9.17) is 4.42 Å². The summed E-state index contributed by atoms with van der Waals surface area (Å²) in [5.41, 5.74) is 2.93. The molecule has 1 heterocycles. The van der Waals surface area contributed by atoms with E-state index in [2.05, 4.69) is 24.1 Å². The summed E-state index contributed by atoms with van der Waals surface area (Å²) in [5, 5.41) is 2.87. The van der Waals surface area contributed by atoms with E-state index in [-0.39, 0.29) is 5.91 Å². The van der Waals surface area contributed by atoms with Crippen molar-refractivity contribution in [1.82, 2.24) is 0 Å². The summed E-state index contributed by atoms with van der Waals surface area (Å²) in [4.78, 5) is 14.4. The molecular weight excluding hydrogens is 336 g/mol. The summed E-state index contributed by atoms with van der Waals surface area (Å²) in [6.07, 6.45) is 3.15. The minimum atomic E-state index is -0.191. The van der Waals surface area contributed by atoms with Crippen LogP contribution in [0.5, 0.6) is 0 Å². The molecule has 27 heavy (non-hydrogen) atoms. The van der Waals surface area contributed by atoms with Gasteiger partial charge in [-0.05, 0) is 56.3 Å². The molecule has 0 aliphatic heterocycles. The standard InChI is InChI=1S/C23H24N2O2/c1-3-25(4-2)20-12-10-19(11-13-20)24-23(26)17-15-21-14-16-22(27-21)18-8-6-5-7-9-18/h5-17H,3-4H2,1-2H3,(H,24,26)/b17-15+. The first-order chi connectivity index (χ1) is 13.2. The molecule has 4 nitrogen and oxygen atoms in total. The van der Waals surface area contributed by atoms with Crippen LogP contribution in [0.3, 0.4) is 0 Å². The molecule has 0 fully saturated rings. The lowest BCUT2D eigenvalue weighted by molar-refractivity contribution is -0.111. The number of rotatable bonds is 7. The molecule has 1 N–H and O–H groups in total. The zero-order chi connectivity index (χ0) is 19.1. The third kappa shape index (κ3) is 4.88. The Hall–Kier alpha value is -3.27. The normalized spacial score (nSPS) is 10.9. The SMILES string of the molecule is CCN(CC)c1ccc(NC(=O)/C=C/c2ccc(-c3ccccc3)o2)cc1. The van der Waals surface area contributed by atoms with Gasteiger partial charge in [0.05, 0.1) is 0 Å². The van der Waals surface area contributed by atoms with Gasteiger partial charge in [0.15, 0.2) is 0 Å². The molecule has 0 atom stereocenters. The van der Waals surface area contributed by atoms with Gasteiger partial charge >= 0.3 is 0 Å². The minimum Gasteiger partial charge on any atom is -0.457 e. The Bertz CT molecular complexity index is 892. The van der Waals surface area contributed by atoms with Crippen molar-refractivity contribution >= 4 is 23.4 Å². The highest BCUT2D eigenvalue weighted by molar-refractivity contribution is 6.01. The molecule has 0 unspecified atom stereocenters. The second-order valence-electron chi connectivity index (χ2n) is 6.11. The van der Waals surface area contributed by atoms with E-state index in [0.29, 0.717) is 5.76 Å². The second kappa shape index (κ2) is 8.90. The van der Waals surface area contributed by atoms with Crippen LogP contribution in [-0.2, 0) is 4.79 Å². The summed E-state index contributed by atoms with van der Waals surface area (Å²) in [6.45, 7) is 6.17. The molecule has 3 aromatic rings. The van der Waals surface area contributed by atoms with Crippen LogP contribution in [0.2, 0.25) is 0 Å². The molecule has 0 aliphatic carbocycles. The van der Waals surface area contributed by atoms with Gasteiger partial charge in [0.2, 0.25) is 5.91 Å². The summed E-state index contributed by atoms with van der Waals surface area (Å²) in [7, 11) is 0. The first-order valence-electron chi connectivity index (χ1n) is 9.19. The van der Waals surface area contributed by atoms with Gasteiger partial charge in [-0.1, -0.05) is 30.3 Å². The van der Waals surface area contributed by atoms with Crippen molar-refractivity contribution in [3.63, 3.8) is 0 Å². The highest BCUT2D eigenvalue weighted by Gasteiger charge is 2.04. The lowest BCUT2D eigenvalue weighted by Gasteiger charge is -2.21. The van der Waals surface area contributed by atoms with Gasteiger partial charge in [-0.3, -0.25) is 4.79 Å². The fourth-order valence-corrected chi connectivity index (χ4v) is 2.89. The first kappa shape index (κ1) is 18.5. The Morgan fingerprint density at radius 3 is 2.33 bits per heavy atom. The topological polar surface area (TPSA) is 45.5 Å². The molecule has 2 aromatic carbocycles. The number of nitrogens with one attached hydrogen (secondary N) is 1. The molecule has 0 saturated carbocycles. The first-order valence-corrected chi connectivity index (χ1v) is 9.19. The van der Waals surface area contributed by atoms with Gasteiger partial charge in [0, 0.05) is 36.1 Å². The number of benzene rings is 2. The van der Waals surface area contributed by atoms with Gasteiger partial charge in [-0.2, -0.15) is 0 Å². The van der Waals surface area contributed by atoms with Gasteiger partial charge in [0.25, 0.3) is 0 Å². The van der Waals surface area contributed by atoms with Crippen LogP contribution < -0.4 is 10.2 Å². The predicted octanol–water partition coefficient (Wildman–Crippen LogP) is 5.44. The molecule has 1 aromatic heterocycles. The largest absolute Gasteiger partial charge is 0.457 e. The number of amides is 1. The highest BCUT2D eigenvalue weighted by Crippen LogP contribution is 2.22. The number of hydrogen-bond acceptors (Lipinski definition) is 3. The predicted molar refractivity (Wildman–Crippen MR) is 112 cm³/mol. The van der Waals surface area contributed by atoms with Crippen molar-refractivity contribution in [2.45, 2.75) is 13.8 Å². The summed E-state index contributed by atoms with van der Waals surface area (Å²) < 4.78 is 5.76. The van der Waals surface area contributed by atoms with E-state index < -0.39 is 0 Å². The van der Waals surface area contributed by atoms with Crippen LogP contribution in [0, 0.1) is 0 Å². The maximum Gasteiger partial charge on any atom is 0.248 e. The number of furan rings is 1. The van der Waals surface area contributed by atoms with Crippen LogP contribution in [0.15, 0.2) is 77.2 Å². The average Bonchev–Trinajstić information content (AvgIpc) is 3.18. The molecule has 3 rings (SSSR count). The summed E-state index contributed by atoms with van der Waals surface area (Å²) >= 11 is 0. The Labute approximate surface area is 160 Å². The Morgan fingerprint density at radius 1 is 0.963 bits per heavy atom. The van der Waals surface area contributed by atoms with Gasteiger partial charge in [-0.15, -0.1) is 0 Å². The second-order valence-corrected chi connectivity index (χ2v) is 6.11. The summed E-state index contributed by atoms with van der Waals surface area (Å²) in [5.74, 6) is 1.23. The van der Waals surface area contributed by atoms with Gasteiger partial charge in [0.1, 0.15) is 11.5 Å². The van der Waals surface area contributed by atoms with Crippen molar-refractivity contribution in [3.8, 4) is 11.3 Å². The zero-order valence-corrected chi connectivity index (χ0v) is 15.7. The molecular formula is C23H24N2O2. The number of nitrogens with zero attached hydrogens (tertiary/aromatic N) is 1. The fourth-order valence-electron chi connectivity index (χ4n) is 2.89. The quantitative estimate of drug-likeness (QED) is 0.570. The molecule has 138 valence electrons. The van der Waals surface area contributed by atoms with E-state index in [9.17, 15) is 4.79 Å². The lowest BCUT2D eigenvalue weighted by atomic mass is 10.2. The lowest BCUT2D eigenvalue weighted by Crippen LogP contribution is -2.21. The third-order valence-electron chi connectivity index (χ3n) is 4.35. The monoisotopic (exact) mass is 360 g/mol. The Kier molecular flexibility index (Phi) is 6.10. The summed E-state index contributed by atoms with van der Waals surface area (Å²) in [6, 6.07) is 21.5. The van der Waals surface area contributed by atoms with Gasteiger partial charge in [-0.25, -0.2) is 0 Å². The number of anilines is 2. The number of hydrogen-bond donors (Lipinski definition) is 1. The van der Waals surface area contributed by atoms with E-state index in [1.54, 1.807) is 6.08 Å². The van der Waals surface area contributed by atoms with E-state index in [1.165, 1.54) is 6.08 Å². The van der Waals surface area contributed by atoms with Crippen molar-refractivity contribution in [3.05, 3.63) is 78.6 Å². The van der Waals surface area contributed by atoms with Crippen LogP contribution in [-0.4, -0.2) is 19.0 Å². The Balaban J connectivity index is 1.60. The van der Waals surface area contributed by atoms with Gasteiger partial charge < -0.3 is 14.6 Å². The van der Waals surface area contributed by atoms with Crippen molar-refractivity contribution in [1.29, 1.82) is 0 Å². The van der Waals surface area contributed by atoms with Crippen molar-refractivity contribution < 1.29 is 9.21 Å². The molecule has 0 bridgehead atoms. The zero-order valence-electron chi connectivity index (χ0n) is 15.7. The highest BCUT2D eigenvalue weighted by atomic mass is 16.3. The van der Waals surface area contributed by atoms with Crippen molar-refractivity contribution in [2.24, 2.45) is 0 Å². The third-order valence-corrected chi connectivity index (χ3v) is 4.35.